The molecule has 36 heavy (non-hydrogen) atoms. The fourth-order valence-electron chi connectivity index (χ4n) is 4.27. The molecule has 0 saturated carbocycles. The molecule has 174 valence electrons. The predicted octanol–water partition coefficient (Wildman–Crippen LogP) is 8.79. The number of nitrogens with zero attached hydrogens (tertiary/aromatic N) is 2. The lowest BCUT2D eigenvalue weighted by Crippen LogP contribution is -1.96. The van der Waals surface area contributed by atoms with E-state index in [-0.39, 0.29) is 11.0 Å². The molecule has 0 fully saturated rings. The van der Waals surface area contributed by atoms with Gasteiger partial charge in [0, 0.05) is 11.8 Å². The number of aliphatic imine (C=N–C) groups is 1. The van der Waals surface area contributed by atoms with Crippen LogP contribution >= 0.6 is 23.1 Å². The van der Waals surface area contributed by atoms with Crippen molar-refractivity contribution in [1.29, 1.82) is 0 Å². The zero-order chi connectivity index (χ0) is 24.3. The van der Waals surface area contributed by atoms with Crippen LogP contribution in [0.2, 0.25) is 0 Å². The first-order valence-corrected chi connectivity index (χ1v) is 13.4. The molecule has 0 aliphatic rings. The van der Waals surface area contributed by atoms with Gasteiger partial charge in [-0.2, -0.15) is 0 Å². The van der Waals surface area contributed by atoms with E-state index in [1.807, 2.05) is 54.6 Å². The van der Waals surface area contributed by atoms with Crippen LogP contribution in [-0.4, -0.2) is 16.3 Å². The van der Waals surface area contributed by atoms with Gasteiger partial charge in [-0.05, 0) is 46.2 Å². The molecule has 0 saturated heterocycles. The molecular weight excluding hydrogens is 480 g/mol. The summed E-state index contributed by atoms with van der Waals surface area (Å²) in [7, 11) is 0. The summed E-state index contributed by atoms with van der Waals surface area (Å²) in [5.74, 6) is 0.225. The van der Waals surface area contributed by atoms with Crippen molar-refractivity contribution >= 4 is 56.0 Å². The zero-order valence-electron chi connectivity index (χ0n) is 19.3. The largest absolute Gasteiger partial charge is 0.507 e. The summed E-state index contributed by atoms with van der Waals surface area (Å²) in [5, 5.41) is 12.6. The molecular formula is C31H22N2OS2. The maximum atomic E-state index is 10.4. The van der Waals surface area contributed by atoms with E-state index in [9.17, 15) is 5.11 Å². The van der Waals surface area contributed by atoms with Crippen molar-refractivity contribution in [2.75, 3.05) is 0 Å². The van der Waals surface area contributed by atoms with Gasteiger partial charge in [0.1, 0.15) is 5.75 Å². The van der Waals surface area contributed by atoms with Gasteiger partial charge in [-0.25, -0.2) is 4.98 Å². The van der Waals surface area contributed by atoms with Crippen LogP contribution in [0.1, 0.15) is 21.9 Å². The van der Waals surface area contributed by atoms with Crippen molar-refractivity contribution < 1.29 is 5.11 Å². The van der Waals surface area contributed by atoms with Gasteiger partial charge in [-0.3, -0.25) is 4.99 Å². The fraction of sp³-hybridized carbons (Fsp3) is 0.0323. The maximum Gasteiger partial charge on any atom is 0.152 e. The number of phenols is 1. The normalized spacial score (nSPS) is 11.7. The van der Waals surface area contributed by atoms with Crippen molar-refractivity contribution in [2.45, 2.75) is 9.59 Å². The van der Waals surface area contributed by atoms with Crippen molar-refractivity contribution in [1.82, 2.24) is 4.98 Å². The van der Waals surface area contributed by atoms with Crippen LogP contribution < -0.4 is 0 Å². The molecule has 0 atom stereocenters. The third kappa shape index (κ3) is 4.63. The summed E-state index contributed by atoms with van der Waals surface area (Å²) in [6, 6.07) is 38.8. The predicted molar refractivity (Wildman–Crippen MR) is 153 cm³/mol. The minimum absolute atomic E-state index is 0.166. The number of aromatic nitrogens is 1. The Hall–Kier alpha value is -3.93. The highest BCUT2D eigenvalue weighted by molar-refractivity contribution is 8.01. The molecule has 3 nitrogen and oxygen atoms in total. The highest BCUT2D eigenvalue weighted by atomic mass is 32.2. The molecule has 0 radical (unpaired) electrons. The Balaban J connectivity index is 1.31. The smallest absolute Gasteiger partial charge is 0.152 e. The number of rotatable bonds is 6. The molecule has 0 unspecified atom stereocenters. The van der Waals surface area contributed by atoms with E-state index in [0.29, 0.717) is 0 Å². The van der Waals surface area contributed by atoms with E-state index in [1.165, 1.54) is 11.1 Å². The lowest BCUT2D eigenvalue weighted by Gasteiger charge is -2.16. The number of phenolic OH excluding ortho intramolecular Hbond substituents is 1. The molecule has 0 spiro atoms. The lowest BCUT2D eigenvalue weighted by molar-refractivity contribution is 0.475. The molecule has 6 aromatic rings. The average molecular weight is 503 g/mol. The fourth-order valence-corrected chi connectivity index (χ4v) is 6.69. The van der Waals surface area contributed by atoms with Gasteiger partial charge in [0.05, 0.1) is 21.2 Å². The third-order valence-electron chi connectivity index (χ3n) is 6.07. The lowest BCUT2D eigenvalue weighted by atomic mass is 10.0. The first-order chi connectivity index (χ1) is 17.7. The molecule has 1 N–H and O–H groups in total. The van der Waals surface area contributed by atoms with E-state index >= 15 is 0 Å². The summed E-state index contributed by atoms with van der Waals surface area (Å²) >= 11 is 3.46. The summed E-state index contributed by atoms with van der Waals surface area (Å²) in [6.07, 6.45) is 1.75. The number of thiazole rings is 1. The summed E-state index contributed by atoms with van der Waals surface area (Å²) in [4.78, 5) is 9.60. The number of aromatic hydroxyl groups is 1. The highest BCUT2D eigenvalue weighted by Crippen LogP contribution is 2.43. The van der Waals surface area contributed by atoms with E-state index in [1.54, 1.807) is 35.4 Å². The van der Waals surface area contributed by atoms with E-state index in [4.69, 9.17) is 9.98 Å². The number of fused-ring (bicyclic) bond motifs is 2. The SMILES string of the molecule is Oc1ccc2ccccc2c1C=Nc1ccc2nc(SC(c3ccccc3)c3ccccc3)sc2c1. The Labute approximate surface area is 217 Å². The molecule has 6 rings (SSSR count). The van der Waals surface area contributed by atoms with Crippen molar-refractivity contribution in [3.05, 3.63) is 132 Å². The zero-order valence-corrected chi connectivity index (χ0v) is 20.9. The van der Waals surface area contributed by atoms with Crippen molar-refractivity contribution in [3.8, 4) is 5.75 Å². The molecule has 0 amide bonds. The Morgan fingerprint density at radius 3 is 2.22 bits per heavy atom. The third-order valence-corrected chi connectivity index (χ3v) is 8.49. The van der Waals surface area contributed by atoms with Crippen LogP contribution in [0.25, 0.3) is 21.0 Å². The Kier molecular flexibility index (Phi) is 6.24. The second-order valence-electron chi connectivity index (χ2n) is 8.43. The Bertz CT molecular complexity index is 1640. The molecule has 0 aliphatic heterocycles. The standard InChI is InChI=1S/C31H22N2OS2/c34-28-18-15-21-9-7-8-14-25(21)26(28)20-32-24-16-17-27-29(19-24)35-31(33-27)36-30(22-10-3-1-4-11-22)23-12-5-2-6-13-23/h1-20,30,34H. The average Bonchev–Trinajstić information content (AvgIpc) is 3.34. The Morgan fingerprint density at radius 2 is 1.47 bits per heavy atom. The topological polar surface area (TPSA) is 45.5 Å². The number of hydrogen-bond donors (Lipinski definition) is 1. The van der Waals surface area contributed by atoms with Crippen molar-refractivity contribution in [2.24, 2.45) is 4.99 Å². The van der Waals surface area contributed by atoms with Gasteiger partial charge in [0.25, 0.3) is 0 Å². The van der Waals surface area contributed by atoms with Crippen LogP contribution in [-0.2, 0) is 0 Å². The second kappa shape index (κ2) is 9.97. The monoisotopic (exact) mass is 502 g/mol. The number of thioether (sulfide) groups is 1. The van der Waals surface area contributed by atoms with Crippen LogP contribution in [0.3, 0.4) is 0 Å². The minimum atomic E-state index is 0.166. The first kappa shape index (κ1) is 22.5. The maximum absolute atomic E-state index is 10.4. The quantitative estimate of drug-likeness (QED) is 0.183. The van der Waals surface area contributed by atoms with Crippen LogP contribution in [0.15, 0.2) is 125 Å². The summed E-state index contributed by atoms with van der Waals surface area (Å²) < 4.78 is 2.12. The van der Waals surface area contributed by atoms with E-state index < -0.39 is 0 Å². The molecule has 5 heteroatoms. The highest BCUT2D eigenvalue weighted by Gasteiger charge is 2.18. The summed E-state index contributed by atoms with van der Waals surface area (Å²) in [5.41, 5.74) is 5.04. The first-order valence-electron chi connectivity index (χ1n) is 11.7. The number of hydrogen-bond acceptors (Lipinski definition) is 5. The molecule has 0 bridgehead atoms. The van der Waals surface area contributed by atoms with E-state index in [0.717, 1.165) is 36.6 Å². The van der Waals surface area contributed by atoms with Crippen LogP contribution in [0.4, 0.5) is 5.69 Å². The minimum Gasteiger partial charge on any atom is -0.507 e. The van der Waals surface area contributed by atoms with Crippen LogP contribution in [0.5, 0.6) is 5.75 Å². The molecule has 0 aliphatic carbocycles. The Morgan fingerprint density at radius 1 is 0.778 bits per heavy atom. The summed E-state index contributed by atoms with van der Waals surface area (Å²) in [6.45, 7) is 0. The van der Waals surface area contributed by atoms with Gasteiger partial charge >= 0.3 is 0 Å². The number of benzene rings is 5. The van der Waals surface area contributed by atoms with Gasteiger partial charge in [0.2, 0.25) is 0 Å². The van der Waals surface area contributed by atoms with Crippen molar-refractivity contribution in [3.63, 3.8) is 0 Å². The molecule has 5 aromatic carbocycles. The molecule has 1 heterocycles. The van der Waals surface area contributed by atoms with Gasteiger partial charge in [-0.15, -0.1) is 11.3 Å². The van der Waals surface area contributed by atoms with Gasteiger partial charge < -0.3 is 5.11 Å². The molecule has 1 aromatic heterocycles. The van der Waals surface area contributed by atoms with Gasteiger partial charge in [0.15, 0.2) is 4.34 Å². The van der Waals surface area contributed by atoms with Gasteiger partial charge in [-0.1, -0.05) is 103 Å². The van der Waals surface area contributed by atoms with Crippen LogP contribution in [0, 0.1) is 0 Å². The van der Waals surface area contributed by atoms with E-state index in [2.05, 4.69) is 54.6 Å². The second-order valence-corrected chi connectivity index (χ2v) is 10.8.